The number of aryl methyl sites for hydroxylation is 1. The number of nitrogens with zero attached hydrogens (tertiary/aromatic N) is 2. The lowest BCUT2D eigenvalue weighted by molar-refractivity contribution is 0.354. The molecule has 5 nitrogen and oxygen atoms in total. The van der Waals surface area contributed by atoms with Crippen LogP contribution in [0.4, 0.5) is 0 Å². The fourth-order valence-corrected chi connectivity index (χ4v) is 4.57. The molecule has 164 valence electrons. The fourth-order valence-electron chi connectivity index (χ4n) is 3.46. The van der Waals surface area contributed by atoms with Gasteiger partial charge in [-0.1, -0.05) is 53.7 Å². The highest BCUT2D eigenvalue weighted by atomic mass is 35.5. The zero-order chi connectivity index (χ0) is 22.5. The number of hydrogen-bond donors (Lipinski definition) is 0. The molecule has 0 saturated heterocycles. The van der Waals surface area contributed by atoms with Crippen LogP contribution in [0.5, 0.6) is 11.5 Å². The summed E-state index contributed by atoms with van der Waals surface area (Å²) in [6.45, 7) is 0.509. The van der Waals surface area contributed by atoms with Gasteiger partial charge in [-0.25, -0.2) is 4.98 Å². The molecule has 0 radical (unpaired) electrons. The summed E-state index contributed by atoms with van der Waals surface area (Å²) in [7, 11) is 3.23. The van der Waals surface area contributed by atoms with E-state index in [9.17, 15) is 4.79 Å². The van der Waals surface area contributed by atoms with Crippen LogP contribution in [-0.4, -0.2) is 23.8 Å². The summed E-state index contributed by atoms with van der Waals surface area (Å²) in [5, 5.41) is 2.02. The molecule has 0 aliphatic carbocycles. The summed E-state index contributed by atoms with van der Waals surface area (Å²) in [6, 6.07) is 21.0. The van der Waals surface area contributed by atoms with E-state index >= 15 is 0 Å². The predicted octanol–water partition coefficient (Wildman–Crippen LogP) is 5.60. The number of rotatable bonds is 8. The Hall–Kier alpha value is -2.96. The van der Waals surface area contributed by atoms with E-state index in [1.807, 2.05) is 66.7 Å². The molecule has 0 fully saturated rings. The van der Waals surface area contributed by atoms with Crippen LogP contribution in [0.15, 0.2) is 76.7 Å². The highest BCUT2D eigenvalue weighted by Crippen LogP contribution is 2.28. The Morgan fingerprint density at radius 2 is 1.66 bits per heavy atom. The highest BCUT2D eigenvalue weighted by molar-refractivity contribution is 7.98. The van der Waals surface area contributed by atoms with Gasteiger partial charge in [-0.3, -0.25) is 9.36 Å². The van der Waals surface area contributed by atoms with E-state index in [0.29, 0.717) is 51.3 Å². The summed E-state index contributed by atoms with van der Waals surface area (Å²) in [5.74, 6) is 2.05. The van der Waals surface area contributed by atoms with Crippen molar-refractivity contribution in [2.24, 2.45) is 0 Å². The maximum atomic E-state index is 13.3. The van der Waals surface area contributed by atoms with Crippen LogP contribution in [-0.2, 0) is 18.7 Å². The monoisotopic (exact) mass is 466 g/mol. The van der Waals surface area contributed by atoms with E-state index in [-0.39, 0.29) is 5.56 Å². The lowest BCUT2D eigenvalue weighted by Gasteiger charge is -2.14. The van der Waals surface area contributed by atoms with Gasteiger partial charge in [0, 0.05) is 17.3 Å². The molecule has 4 aromatic rings. The Morgan fingerprint density at radius 1 is 0.938 bits per heavy atom. The minimum absolute atomic E-state index is 0.0327. The van der Waals surface area contributed by atoms with Crippen molar-refractivity contribution in [3.05, 3.63) is 93.2 Å². The van der Waals surface area contributed by atoms with E-state index in [0.717, 1.165) is 11.1 Å². The molecule has 0 aliphatic rings. The SMILES string of the molecule is COc1ccc(CCn2c(SCc3ccc(Cl)cc3)nc3ccccc3c2=O)cc1OC. The summed E-state index contributed by atoms with van der Waals surface area (Å²) >= 11 is 7.55. The van der Waals surface area contributed by atoms with Gasteiger partial charge in [0.05, 0.1) is 25.1 Å². The Bertz CT molecular complexity index is 1290. The van der Waals surface area contributed by atoms with Crippen molar-refractivity contribution < 1.29 is 9.47 Å². The molecular weight excluding hydrogens is 444 g/mol. The number of para-hydroxylation sites is 1. The van der Waals surface area contributed by atoms with Gasteiger partial charge in [0.1, 0.15) is 0 Å². The quantitative estimate of drug-likeness (QED) is 0.250. The third-order valence-electron chi connectivity index (χ3n) is 5.18. The van der Waals surface area contributed by atoms with Gasteiger partial charge in [0.2, 0.25) is 0 Å². The summed E-state index contributed by atoms with van der Waals surface area (Å²) < 4.78 is 12.5. The minimum atomic E-state index is -0.0327. The average Bonchev–Trinajstić information content (AvgIpc) is 2.83. The van der Waals surface area contributed by atoms with Crippen molar-refractivity contribution in [1.29, 1.82) is 0 Å². The number of fused-ring (bicyclic) bond motifs is 1. The van der Waals surface area contributed by atoms with E-state index in [2.05, 4.69) is 0 Å². The normalized spacial score (nSPS) is 11.0. The summed E-state index contributed by atoms with van der Waals surface area (Å²) in [5.41, 5.74) is 2.85. The predicted molar refractivity (Wildman–Crippen MR) is 130 cm³/mol. The third kappa shape index (κ3) is 4.92. The molecule has 7 heteroatoms. The molecule has 1 aromatic heterocycles. The number of thioether (sulfide) groups is 1. The molecule has 0 saturated carbocycles. The molecule has 0 N–H and O–H groups in total. The highest BCUT2D eigenvalue weighted by Gasteiger charge is 2.13. The zero-order valence-electron chi connectivity index (χ0n) is 17.9. The van der Waals surface area contributed by atoms with Crippen molar-refractivity contribution in [3.63, 3.8) is 0 Å². The van der Waals surface area contributed by atoms with Crippen molar-refractivity contribution in [1.82, 2.24) is 9.55 Å². The lowest BCUT2D eigenvalue weighted by atomic mass is 10.1. The lowest BCUT2D eigenvalue weighted by Crippen LogP contribution is -2.24. The van der Waals surface area contributed by atoms with Crippen LogP contribution in [0.25, 0.3) is 10.9 Å². The molecule has 1 heterocycles. The fraction of sp³-hybridized carbons (Fsp3) is 0.200. The number of methoxy groups -OCH3 is 2. The molecular formula is C25H23ClN2O3S. The standard InChI is InChI=1S/C25H23ClN2O3S/c1-30-22-12-9-17(15-23(22)31-2)13-14-28-24(29)20-5-3-4-6-21(20)27-25(28)32-16-18-7-10-19(26)11-8-18/h3-12,15H,13-14,16H2,1-2H3. The van der Waals surface area contributed by atoms with Gasteiger partial charge >= 0.3 is 0 Å². The van der Waals surface area contributed by atoms with Crippen molar-refractivity contribution in [2.45, 2.75) is 23.9 Å². The van der Waals surface area contributed by atoms with Crippen LogP contribution in [0, 0.1) is 0 Å². The van der Waals surface area contributed by atoms with Crippen LogP contribution in [0.1, 0.15) is 11.1 Å². The van der Waals surface area contributed by atoms with Crippen LogP contribution in [0.3, 0.4) is 0 Å². The van der Waals surface area contributed by atoms with Crippen molar-refractivity contribution >= 4 is 34.3 Å². The topological polar surface area (TPSA) is 53.4 Å². The van der Waals surface area contributed by atoms with E-state index in [1.165, 1.54) is 0 Å². The van der Waals surface area contributed by atoms with Crippen molar-refractivity contribution in [3.8, 4) is 11.5 Å². The van der Waals surface area contributed by atoms with Gasteiger partial charge in [-0.2, -0.15) is 0 Å². The van der Waals surface area contributed by atoms with Gasteiger partial charge < -0.3 is 9.47 Å². The maximum Gasteiger partial charge on any atom is 0.262 e. The van der Waals surface area contributed by atoms with Gasteiger partial charge in [-0.15, -0.1) is 0 Å². The molecule has 0 spiro atoms. The molecule has 0 unspecified atom stereocenters. The Kier molecular flexibility index (Phi) is 7.02. The first kappa shape index (κ1) is 22.2. The largest absolute Gasteiger partial charge is 0.493 e. The second kappa shape index (κ2) is 10.1. The number of ether oxygens (including phenoxy) is 2. The number of aromatic nitrogens is 2. The van der Waals surface area contributed by atoms with Crippen LogP contribution < -0.4 is 15.0 Å². The van der Waals surface area contributed by atoms with E-state index in [1.54, 1.807) is 30.5 Å². The Morgan fingerprint density at radius 3 is 2.41 bits per heavy atom. The molecule has 32 heavy (non-hydrogen) atoms. The van der Waals surface area contributed by atoms with Gasteiger partial charge in [0.25, 0.3) is 5.56 Å². The second-order valence-electron chi connectivity index (χ2n) is 7.22. The van der Waals surface area contributed by atoms with Crippen molar-refractivity contribution in [2.75, 3.05) is 14.2 Å². The smallest absolute Gasteiger partial charge is 0.262 e. The minimum Gasteiger partial charge on any atom is -0.493 e. The molecule has 0 bridgehead atoms. The first-order valence-corrected chi connectivity index (χ1v) is 11.5. The first-order valence-electron chi connectivity index (χ1n) is 10.2. The molecule has 4 rings (SSSR count). The van der Waals surface area contributed by atoms with Gasteiger partial charge in [-0.05, 0) is 53.9 Å². The average molecular weight is 467 g/mol. The number of halogens is 1. The third-order valence-corrected chi connectivity index (χ3v) is 6.48. The number of hydrogen-bond acceptors (Lipinski definition) is 5. The molecule has 0 aliphatic heterocycles. The molecule has 0 atom stereocenters. The Labute approximate surface area is 196 Å². The Balaban J connectivity index is 1.64. The second-order valence-corrected chi connectivity index (χ2v) is 8.60. The molecule has 0 amide bonds. The summed E-state index contributed by atoms with van der Waals surface area (Å²) in [4.78, 5) is 18.1. The van der Waals surface area contributed by atoms with Crippen LogP contribution in [0.2, 0.25) is 5.02 Å². The number of benzene rings is 3. The first-order chi connectivity index (χ1) is 15.6. The van der Waals surface area contributed by atoms with Gasteiger partial charge in [0.15, 0.2) is 16.7 Å². The van der Waals surface area contributed by atoms with E-state index < -0.39 is 0 Å². The molecule has 3 aromatic carbocycles. The maximum absolute atomic E-state index is 13.3. The zero-order valence-corrected chi connectivity index (χ0v) is 19.4. The summed E-state index contributed by atoms with van der Waals surface area (Å²) in [6.07, 6.45) is 0.661. The van der Waals surface area contributed by atoms with Crippen LogP contribution >= 0.6 is 23.4 Å². The van der Waals surface area contributed by atoms with E-state index in [4.69, 9.17) is 26.1 Å².